The van der Waals surface area contributed by atoms with E-state index in [-0.39, 0.29) is 44.5 Å². The molecule has 2 atom stereocenters. The lowest BCUT2D eigenvalue weighted by molar-refractivity contribution is -0.146. The first-order valence-electron chi connectivity index (χ1n) is 15.0. The minimum Gasteiger partial charge on any atom is -0.481 e. The number of carboxylic acid groups (broad SMARTS) is 1. The number of methoxy groups -OCH3 is 2. The quantitative estimate of drug-likeness (QED) is 0.118. The van der Waals surface area contributed by atoms with Gasteiger partial charge < -0.3 is 30.5 Å². The molecule has 46 heavy (non-hydrogen) atoms. The molecule has 2 aromatic rings. The number of rotatable bonds is 18. The lowest BCUT2D eigenvalue weighted by atomic mass is 10.1. The summed E-state index contributed by atoms with van der Waals surface area (Å²) >= 11 is 0. The van der Waals surface area contributed by atoms with Gasteiger partial charge in [-0.1, -0.05) is 87.2 Å². The van der Waals surface area contributed by atoms with Crippen LogP contribution in [0.15, 0.2) is 86.0 Å². The van der Waals surface area contributed by atoms with E-state index < -0.39 is 18.0 Å². The second-order valence-electron chi connectivity index (χ2n) is 10.1. The number of carbonyl (C=O) groups excluding carboxylic acids is 3. The Bertz CT molecular complexity index is 1130. The van der Waals surface area contributed by atoms with Gasteiger partial charge in [0, 0.05) is 32.5 Å². The maximum absolute atomic E-state index is 12.2. The first-order chi connectivity index (χ1) is 21.6. The Morgan fingerprint density at radius 2 is 1.41 bits per heavy atom. The largest absolute Gasteiger partial charge is 0.481 e. The molecule has 0 aliphatic rings. The van der Waals surface area contributed by atoms with E-state index in [0.29, 0.717) is 19.5 Å². The lowest BCUT2D eigenvalue weighted by Gasteiger charge is -2.22. The van der Waals surface area contributed by atoms with Gasteiger partial charge >= 0.3 is 17.9 Å². The first-order valence-corrected chi connectivity index (χ1v) is 15.0. The van der Waals surface area contributed by atoms with Crippen LogP contribution in [0.5, 0.6) is 0 Å². The summed E-state index contributed by atoms with van der Waals surface area (Å²) in [5, 5.41) is 11.5. The summed E-state index contributed by atoms with van der Waals surface area (Å²) in [5.74, 6) is -2.09. The molecule has 0 heterocycles. The molecule has 256 valence electrons. The zero-order valence-electron chi connectivity index (χ0n) is 27.0. The fourth-order valence-electron chi connectivity index (χ4n) is 3.83. The standard InChI is InChI=1S/C17H24N2O3.C11H15N.C7H12O4.CH4/c1-3-12-19(13-11-14-7-5-4-6-8-14)16(20)10-9-15(18)17(21)22-2;1-2-9-12-10-8-11-6-4-3-5-7-11;1-5(7(10)11-2)3-4-6(8)9;/h3-8,15H,1,9-13,18H2,2H3;2-7,12H,1,8-10H2;5H,3-4H2,1-2H3,(H,8,9);1H4/t15-;;5-;/m0.0./s1. The van der Waals surface area contributed by atoms with E-state index in [2.05, 4.69) is 52.2 Å². The van der Waals surface area contributed by atoms with E-state index in [1.165, 1.54) is 25.3 Å². The molecule has 0 aliphatic heterocycles. The molecule has 10 heteroatoms. The molecule has 0 saturated carbocycles. The Kier molecular flexibility index (Phi) is 26.9. The molecule has 0 saturated heterocycles. The third-order valence-corrected chi connectivity index (χ3v) is 6.51. The molecule has 0 spiro atoms. The van der Waals surface area contributed by atoms with Gasteiger partial charge in [0.15, 0.2) is 0 Å². The summed E-state index contributed by atoms with van der Waals surface area (Å²) in [7, 11) is 2.58. The van der Waals surface area contributed by atoms with Crippen molar-refractivity contribution in [1.82, 2.24) is 10.2 Å². The molecule has 0 bridgehead atoms. The predicted molar refractivity (Wildman–Crippen MR) is 184 cm³/mol. The van der Waals surface area contributed by atoms with Crippen LogP contribution in [0.25, 0.3) is 0 Å². The van der Waals surface area contributed by atoms with Crippen molar-refractivity contribution in [2.75, 3.05) is 40.4 Å². The van der Waals surface area contributed by atoms with Crippen molar-refractivity contribution >= 4 is 23.8 Å². The number of amides is 1. The molecule has 4 N–H and O–H groups in total. The summed E-state index contributed by atoms with van der Waals surface area (Å²) in [4.78, 5) is 46.0. The molecule has 10 nitrogen and oxygen atoms in total. The second-order valence-corrected chi connectivity index (χ2v) is 10.1. The Morgan fingerprint density at radius 1 is 0.870 bits per heavy atom. The van der Waals surface area contributed by atoms with E-state index in [1.807, 2.05) is 42.5 Å². The number of nitrogens with one attached hydrogen (secondary N) is 1. The van der Waals surface area contributed by atoms with Crippen molar-refractivity contribution in [2.24, 2.45) is 11.7 Å². The SMILES string of the molecule is C.C=CCN(CCc1ccccc1)C(=O)CC[C@H](N)C(=O)OC.C=CCNCCc1ccccc1.COC(=O)[C@@H](C)CCC(=O)O. The topological polar surface area (TPSA) is 148 Å². The monoisotopic (exact) mass is 641 g/mol. The van der Waals surface area contributed by atoms with Crippen LogP contribution in [0.1, 0.15) is 51.2 Å². The van der Waals surface area contributed by atoms with Gasteiger partial charge in [-0.15, -0.1) is 13.2 Å². The average molecular weight is 642 g/mol. The second kappa shape index (κ2) is 28.2. The Morgan fingerprint density at radius 3 is 1.89 bits per heavy atom. The molecule has 0 fully saturated rings. The van der Waals surface area contributed by atoms with Gasteiger partial charge in [-0.05, 0) is 43.4 Å². The van der Waals surface area contributed by atoms with Crippen molar-refractivity contribution in [3.8, 4) is 0 Å². The molecule has 1 amide bonds. The van der Waals surface area contributed by atoms with Gasteiger partial charge in [0.25, 0.3) is 0 Å². The number of hydrogen-bond acceptors (Lipinski definition) is 8. The third kappa shape index (κ3) is 22.3. The lowest BCUT2D eigenvalue weighted by Crippen LogP contribution is -2.36. The summed E-state index contributed by atoms with van der Waals surface area (Å²) in [6.45, 7) is 12.0. The fraction of sp³-hybridized carbons (Fsp3) is 0.444. The highest BCUT2D eigenvalue weighted by Crippen LogP contribution is 2.07. The van der Waals surface area contributed by atoms with Crippen LogP contribution in [0, 0.1) is 5.92 Å². The normalized spacial score (nSPS) is 11.0. The molecular formula is C36H55N3O7. The maximum atomic E-state index is 12.2. The molecule has 0 aromatic heterocycles. The molecule has 2 rings (SSSR count). The number of nitrogens with two attached hydrogens (primary N) is 1. The van der Waals surface area contributed by atoms with Crippen LogP contribution in [-0.2, 0) is 41.5 Å². The molecule has 0 unspecified atom stereocenters. The highest BCUT2D eigenvalue weighted by atomic mass is 16.5. The van der Waals surface area contributed by atoms with Crippen LogP contribution in [0.4, 0.5) is 0 Å². The Labute approximate surface area is 275 Å². The van der Waals surface area contributed by atoms with Crippen LogP contribution in [0.3, 0.4) is 0 Å². The van der Waals surface area contributed by atoms with E-state index in [0.717, 1.165) is 25.9 Å². The predicted octanol–water partition coefficient (Wildman–Crippen LogP) is 4.83. The first kappa shape index (κ1) is 43.8. The summed E-state index contributed by atoms with van der Waals surface area (Å²) in [5.41, 5.74) is 8.21. The number of benzene rings is 2. The van der Waals surface area contributed by atoms with Gasteiger partial charge in [0.2, 0.25) is 5.91 Å². The van der Waals surface area contributed by atoms with Crippen molar-refractivity contribution in [2.45, 2.75) is 58.9 Å². The number of nitrogens with zero attached hydrogens (tertiary/aromatic N) is 1. The number of ether oxygens (including phenoxy) is 2. The minimum atomic E-state index is -0.888. The highest BCUT2D eigenvalue weighted by molar-refractivity contribution is 5.79. The smallest absolute Gasteiger partial charge is 0.322 e. The Balaban J connectivity index is 0. The van der Waals surface area contributed by atoms with Crippen molar-refractivity contribution in [1.29, 1.82) is 0 Å². The van der Waals surface area contributed by atoms with Crippen LogP contribution in [-0.4, -0.2) is 80.3 Å². The molecule has 0 aliphatic carbocycles. The van der Waals surface area contributed by atoms with Crippen molar-refractivity contribution in [3.63, 3.8) is 0 Å². The minimum absolute atomic E-state index is 0. The highest BCUT2D eigenvalue weighted by Gasteiger charge is 2.18. The zero-order chi connectivity index (χ0) is 33.9. The van der Waals surface area contributed by atoms with E-state index >= 15 is 0 Å². The number of carboxylic acids is 1. The van der Waals surface area contributed by atoms with Crippen LogP contribution < -0.4 is 11.1 Å². The maximum Gasteiger partial charge on any atom is 0.322 e. The van der Waals surface area contributed by atoms with Crippen molar-refractivity contribution < 1.29 is 33.8 Å². The van der Waals surface area contributed by atoms with Gasteiger partial charge in [-0.25, -0.2) is 0 Å². The summed E-state index contributed by atoms with van der Waals surface area (Å²) < 4.78 is 8.97. The number of esters is 2. The Hall–Kier alpha value is -4.28. The van der Waals surface area contributed by atoms with E-state index in [9.17, 15) is 19.2 Å². The van der Waals surface area contributed by atoms with Gasteiger partial charge in [-0.3, -0.25) is 19.2 Å². The molecule has 0 radical (unpaired) electrons. The van der Waals surface area contributed by atoms with Gasteiger partial charge in [-0.2, -0.15) is 0 Å². The summed E-state index contributed by atoms with van der Waals surface area (Å²) in [6, 6.07) is 19.7. The zero-order valence-corrected chi connectivity index (χ0v) is 27.0. The fourth-order valence-corrected chi connectivity index (χ4v) is 3.83. The van der Waals surface area contributed by atoms with E-state index in [4.69, 9.17) is 10.8 Å². The number of aliphatic carboxylic acids is 1. The van der Waals surface area contributed by atoms with Crippen molar-refractivity contribution in [3.05, 3.63) is 97.1 Å². The van der Waals surface area contributed by atoms with Gasteiger partial charge in [0.05, 0.1) is 20.1 Å². The number of hydrogen-bond donors (Lipinski definition) is 3. The molecule has 2 aromatic carbocycles. The third-order valence-electron chi connectivity index (χ3n) is 6.51. The average Bonchev–Trinajstić information content (AvgIpc) is 3.06. The number of carbonyl (C=O) groups is 4. The van der Waals surface area contributed by atoms with E-state index in [1.54, 1.807) is 17.9 Å². The molecular weight excluding hydrogens is 586 g/mol. The van der Waals surface area contributed by atoms with Gasteiger partial charge in [0.1, 0.15) is 6.04 Å². The van der Waals surface area contributed by atoms with Crippen LogP contribution >= 0.6 is 0 Å². The van der Waals surface area contributed by atoms with Crippen LogP contribution in [0.2, 0.25) is 0 Å². The summed E-state index contributed by atoms with van der Waals surface area (Å²) in [6.07, 6.45) is 6.30.